The van der Waals surface area contributed by atoms with E-state index in [1.54, 1.807) is 13.8 Å². The average molecular weight is 185 g/mol. The van der Waals surface area contributed by atoms with Crippen molar-refractivity contribution in [1.29, 1.82) is 0 Å². The van der Waals surface area contributed by atoms with Gasteiger partial charge in [0, 0.05) is 11.4 Å². The Morgan fingerprint density at radius 1 is 1.25 bits per heavy atom. The van der Waals surface area contributed by atoms with Gasteiger partial charge in [0.15, 0.2) is 0 Å². The molecule has 0 heterocycles. The van der Waals surface area contributed by atoms with Crippen molar-refractivity contribution in [1.82, 2.24) is 0 Å². The van der Waals surface area contributed by atoms with Crippen LogP contribution < -0.4 is 0 Å². The van der Waals surface area contributed by atoms with Crippen LogP contribution in [0.15, 0.2) is 24.3 Å². The topological polar surface area (TPSA) is 20.2 Å². The van der Waals surface area contributed by atoms with Gasteiger partial charge in [-0.3, -0.25) is 0 Å². The van der Waals surface area contributed by atoms with Crippen molar-refractivity contribution in [3.8, 4) is 0 Å². The summed E-state index contributed by atoms with van der Waals surface area (Å²) in [5.74, 6) is 0. The Kier molecular flexibility index (Phi) is 2.76. The van der Waals surface area contributed by atoms with Crippen molar-refractivity contribution in [2.75, 3.05) is 0 Å². The first-order valence-electron chi connectivity index (χ1n) is 3.94. The highest BCUT2D eigenvalue weighted by Gasteiger charge is 2.12. The molecule has 0 spiro atoms. The molecule has 0 saturated heterocycles. The molecular formula is C10H13ClO. The van der Waals surface area contributed by atoms with Gasteiger partial charge >= 0.3 is 0 Å². The molecular weight excluding hydrogens is 172 g/mol. The van der Waals surface area contributed by atoms with Crippen molar-refractivity contribution in [2.24, 2.45) is 0 Å². The molecule has 12 heavy (non-hydrogen) atoms. The fraction of sp³-hybridized carbons (Fsp3) is 0.400. The molecule has 0 radical (unpaired) electrons. The van der Waals surface area contributed by atoms with E-state index in [9.17, 15) is 5.11 Å². The summed E-state index contributed by atoms with van der Waals surface area (Å²) in [4.78, 5) is 0. The normalized spacial score (nSPS) is 11.7. The van der Waals surface area contributed by atoms with Gasteiger partial charge in [-0.05, 0) is 31.5 Å². The van der Waals surface area contributed by atoms with Crippen LogP contribution in [0, 0.1) is 0 Å². The smallest absolute Gasteiger partial charge is 0.0631 e. The second-order valence-corrected chi connectivity index (χ2v) is 4.05. The lowest BCUT2D eigenvalue weighted by atomic mass is 9.99. The monoisotopic (exact) mass is 184 g/mol. The maximum absolute atomic E-state index is 9.51. The van der Waals surface area contributed by atoms with Crippen molar-refractivity contribution < 1.29 is 5.11 Å². The summed E-state index contributed by atoms with van der Waals surface area (Å²) in [5, 5.41) is 10.2. The molecule has 0 fully saturated rings. The van der Waals surface area contributed by atoms with Gasteiger partial charge in [0.05, 0.1) is 5.60 Å². The van der Waals surface area contributed by atoms with Crippen LogP contribution in [0.25, 0.3) is 0 Å². The Labute approximate surface area is 78.0 Å². The van der Waals surface area contributed by atoms with Crippen LogP contribution in [-0.4, -0.2) is 10.7 Å². The van der Waals surface area contributed by atoms with Crippen molar-refractivity contribution in [2.45, 2.75) is 25.9 Å². The van der Waals surface area contributed by atoms with E-state index in [0.717, 1.165) is 10.6 Å². The van der Waals surface area contributed by atoms with E-state index in [-0.39, 0.29) is 0 Å². The molecule has 0 unspecified atom stereocenters. The minimum absolute atomic E-state index is 0.645. The zero-order valence-electron chi connectivity index (χ0n) is 7.34. The lowest BCUT2D eigenvalue weighted by Gasteiger charge is -2.16. The van der Waals surface area contributed by atoms with Crippen LogP contribution in [0.5, 0.6) is 0 Å². The molecule has 1 aromatic rings. The molecule has 0 saturated carbocycles. The van der Waals surface area contributed by atoms with Gasteiger partial charge in [-0.1, -0.05) is 23.7 Å². The van der Waals surface area contributed by atoms with Crippen molar-refractivity contribution >= 4 is 11.6 Å². The van der Waals surface area contributed by atoms with Crippen LogP contribution in [0.2, 0.25) is 5.02 Å². The number of hydrogen-bond acceptors (Lipinski definition) is 1. The first-order valence-corrected chi connectivity index (χ1v) is 4.32. The van der Waals surface area contributed by atoms with E-state index < -0.39 is 5.60 Å². The zero-order chi connectivity index (χ0) is 9.19. The molecule has 1 N–H and O–H groups in total. The molecule has 0 aliphatic carbocycles. The van der Waals surface area contributed by atoms with Gasteiger partial charge in [0.2, 0.25) is 0 Å². The highest BCUT2D eigenvalue weighted by atomic mass is 35.5. The third-order valence-electron chi connectivity index (χ3n) is 1.55. The lowest BCUT2D eigenvalue weighted by molar-refractivity contribution is 0.0810. The summed E-state index contributed by atoms with van der Waals surface area (Å²) in [6.07, 6.45) is 0.657. The number of halogens is 1. The van der Waals surface area contributed by atoms with Crippen LogP contribution in [0.4, 0.5) is 0 Å². The van der Waals surface area contributed by atoms with Crippen LogP contribution >= 0.6 is 11.6 Å². The van der Waals surface area contributed by atoms with E-state index in [2.05, 4.69) is 0 Å². The number of benzene rings is 1. The van der Waals surface area contributed by atoms with E-state index >= 15 is 0 Å². The largest absolute Gasteiger partial charge is 0.390 e. The fourth-order valence-electron chi connectivity index (χ4n) is 1.10. The van der Waals surface area contributed by atoms with Gasteiger partial charge in [0.1, 0.15) is 0 Å². The van der Waals surface area contributed by atoms with Gasteiger partial charge in [-0.25, -0.2) is 0 Å². The third-order valence-corrected chi connectivity index (χ3v) is 1.80. The van der Waals surface area contributed by atoms with Gasteiger partial charge in [-0.2, -0.15) is 0 Å². The predicted octanol–water partition coefficient (Wildman–Crippen LogP) is 2.65. The van der Waals surface area contributed by atoms with E-state index in [4.69, 9.17) is 11.6 Å². The molecule has 0 bridgehead atoms. The predicted molar refractivity (Wildman–Crippen MR) is 51.5 cm³/mol. The molecule has 1 rings (SSSR count). The number of rotatable bonds is 2. The summed E-state index contributed by atoms with van der Waals surface area (Å²) >= 11 is 5.72. The first-order chi connectivity index (χ1) is 5.47. The number of aliphatic hydroxyl groups is 1. The molecule has 1 aromatic carbocycles. The first kappa shape index (κ1) is 9.56. The lowest BCUT2D eigenvalue weighted by Crippen LogP contribution is -2.21. The van der Waals surface area contributed by atoms with Gasteiger partial charge < -0.3 is 5.11 Å². The second kappa shape index (κ2) is 3.46. The van der Waals surface area contributed by atoms with E-state index in [0.29, 0.717) is 6.42 Å². The fourth-order valence-corrected chi connectivity index (χ4v) is 1.23. The molecule has 0 atom stereocenters. The summed E-state index contributed by atoms with van der Waals surface area (Å²) in [5.41, 5.74) is 0.459. The molecule has 0 aliphatic heterocycles. The highest BCUT2D eigenvalue weighted by molar-refractivity contribution is 6.30. The Bertz CT molecular complexity index is 246. The molecule has 0 aliphatic rings. The summed E-state index contributed by atoms with van der Waals surface area (Å²) in [6, 6.07) is 7.53. The maximum atomic E-state index is 9.51. The van der Waals surface area contributed by atoms with E-state index in [1.807, 2.05) is 24.3 Å². The Hall–Kier alpha value is -0.530. The average Bonchev–Trinajstić information content (AvgIpc) is 1.91. The minimum Gasteiger partial charge on any atom is -0.390 e. The summed E-state index contributed by atoms with van der Waals surface area (Å²) in [6.45, 7) is 3.59. The highest BCUT2D eigenvalue weighted by Crippen LogP contribution is 2.15. The minimum atomic E-state index is -0.645. The van der Waals surface area contributed by atoms with Gasteiger partial charge in [-0.15, -0.1) is 0 Å². The molecule has 66 valence electrons. The summed E-state index contributed by atoms with van der Waals surface area (Å²) < 4.78 is 0. The molecule has 0 aromatic heterocycles. The summed E-state index contributed by atoms with van der Waals surface area (Å²) in [7, 11) is 0. The van der Waals surface area contributed by atoms with E-state index in [1.165, 1.54) is 0 Å². The van der Waals surface area contributed by atoms with Crippen LogP contribution in [0.1, 0.15) is 19.4 Å². The number of hydrogen-bond donors (Lipinski definition) is 1. The molecule has 1 nitrogen and oxygen atoms in total. The van der Waals surface area contributed by atoms with Gasteiger partial charge in [0.25, 0.3) is 0 Å². The van der Waals surface area contributed by atoms with Crippen molar-refractivity contribution in [3.63, 3.8) is 0 Å². The quantitative estimate of drug-likeness (QED) is 0.750. The van der Waals surface area contributed by atoms with Crippen LogP contribution in [-0.2, 0) is 6.42 Å². The zero-order valence-corrected chi connectivity index (χ0v) is 8.10. The Balaban J connectivity index is 2.71. The third kappa shape index (κ3) is 3.24. The Morgan fingerprint density at radius 3 is 2.17 bits per heavy atom. The molecule has 0 amide bonds. The standard InChI is InChI=1S/C10H13ClO/c1-10(2,12)7-8-3-5-9(11)6-4-8/h3-6,12H,7H2,1-2H3. The molecule has 2 heteroatoms. The second-order valence-electron chi connectivity index (χ2n) is 3.62. The SMILES string of the molecule is CC(C)(O)Cc1ccc(Cl)cc1. The van der Waals surface area contributed by atoms with Crippen LogP contribution in [0.3, 0.4) is 0 Å². The Morgan fingerprint density at radius 2 is 1.75 bits per heavy atom. The van der Waals surface area contributed by atoms with Crippen molar-refractivity contribution in [3.05, 3.63) is 34.9 Å². The maximum Gasteiger partial charge on any atom is 0.0631 e.